The van der Waals surface area contributed by atoms with Crippen molar-refractivity contribution < 1.29 is 5.11 Å². The molecule has 4 nitrogen and oxygen atoms in total. The number of β-amino-alcohol motifs (C(OH)–C–C–N with tert-alkyl or cyclic N) is 1. The summed E-state index contributed by atoms with van der Waals surface area (Å²) >= 11 is 1.84. The van der Waals surface area contributed by atoms with Crippen LogP contribution in [-0.4, -0.2) is 45.5 Å². The maximum atomic E-state index is 10.8. The molecule has 0 bridgehead atoms. The van der Waals surface area contributed by atoms with Gasteiger partial charge in [-0.2, -0.15) is 0 Å². The fourth-order valence-corrected chi connectivity index (χ4v) is 5.72. The predicted octanol–water partition coefficient (Wildman–Crippen LogP) is 3.64. The van der Waals surface area contributed by atoms with Crippen LogP contribution in [0.5, 0.6) is 0 Å². The van der Waals surface area contributed by atoms with E-state index in [1.807, 2.05) is 24.2 Å². The lowest BCUT2D eigenvalue weighted by Crippen LogP contribution is -2.39. The lowest BCUT2D eigenvalue weighted by Gasteiger charge is -2.26. The van der Waals surface area contributed by atoms with E-state index in [0.29, 0.717) is 6.54 Å². The molecule has 26 heavy (non-hydrogen) atoms. The smallest absolute Gasteiger partial charge is 0.0902 e. The summed E-state index contributed by atoms with van der Waals surface area (Å²) in [6.07, 6.45) is 2.74. The van der Waals surface area contributed by atoms with E-state index in [1.54, 1.807) is 0 Å². The highest BCUT2D eigenvalue weighted by molar-refractivity contribution is 8.02. The summed E-state index contributed by atoms with van der Waals surface area (Å²) in [6.45, 7) is 3.63. The van der Waals surface area contributed by atoms with E-state index < -0.39 is 0 Å². The van der Waals surface area contributed by atoms with Gasteiger partial charge in [0.25, 0.3) is 0 Å². The van der Waals surface area contributed by atoms with Crippen molar-refractivity contribution in [2.24, 2.45) is 0 Å². The predicted molar refractivity (Wildman–Crippen MR) is 108 cm³/mol. The average Bonchev–Trinajstić information content (AvgIpc) is 3.36. The van der Waals surface area contributed by atoms with Gasteiger partial charge in [-0.15, -0.1) is 0 Å². The molecule has 2 atom stereocenters. The van der Waals surface area contributed by atoms with E-state index >= 15 is 0 Å². The Hall–Kier alpha value is -1.95. The molecule has 2 aliphatic rings. The van der Waals surface area contributed by atoms with E-state index in [0.717, 1.165) is 26.1 Å². The van der Waals surface area contributed by atoms with Gasteiger partial charge in [-0.05, 0) is 59.7 Å². The molecule has 1 aromatic heterocycles. The molecule has 3 heterocycles. The summed E-state index contributed by atoms with van der Waals surface area (Å²) in [4.78, 5) is 5.74. The molecular weight excluding hydrogens is 342 g/mol. The molecule has 5 heteroatoms. The Balaban J connectivity index is 1.30. The van der Waals surface area contributed by atoms with Gasteiger partial charge in [-0.25, -0.2) is 0 Å². The van der Waals surface area contributed by atoms with Crippen LogP contribution in [0.15, 0.2) is 60.8 Å². The Labute approximate surface area is 157 Å². The first-order chi connectivity index (χ1) is 12.7. The first kappa shape index (κ1) is 16.2. The minimum Gasteiger partial charge on any atom is -0.390 e. The van der Waals surface area contributed by atoms with Crippen molar-refractivity contribution in [3.8, 4) is 0 Å². The number of rotatable bonds is 3. The normalized spacial score (nSPS) is 26.3. The van der Waals surface area contributed by atoms with Gasteiger partial charge in [0.05, 0.1) is 17.4 Å². The molecule has 2 aliphatic heterocycles. The molecule has 2 N–H and O–H groups in total. The Kier molecular flexibility index (Phi) is 3.96. The number of aromatic amines is 1. The minimum atomic E-state index is -0.287. The van der Waals surface area contributed by atoms with E-state index in [-0.39, 0.29) is 10.9 Å². The van der Waals surface area contributed by atoms with Gasteiger partial charge in [0.2, 0.25) is 0 Å². The van der Waals surface area contributed by atoms with Gasteiger partial charge in [0, 0.05) is 37.0 Å². The number of H-pyrrole nitrogens is 1. The molecule has 2 saturated heterocycles. The van der Waals surface area contributed by atoms with Crippen LogP contribution in [0.2, 0.25) is 0 Å². The largest absolute Gasteiger partial charge is 0.390 e. The van der Waals surface area contributed by atoms with Gasteiger partial charge >= 0.3 is 0 Å². The molecule has 1 spiro atoms. The molecule has 2 aromatic carbocycles. The average molecular weight is 366 g/mol. The number of hydrogen-bond acceptors (Lipinski definition) is 4. The summed E-state index contributed by atoms with van der Waals surface area (Å²) in [5.74, 6) is 0. The fraction of sp³-hybridized carbons (Fsp3) is 0.333. The number of likely N-dealkylation sites (tertiary alicyclic amines) is 1. The van der Waals surface area contributed by atoms with Crippen molar-refractivity contribution in [1.29, 1.82) is 0 Å². The van der Waals surface area contributed by atoms with Crippen molar-refractivity contribution in [2.45, 2.75) is 23.8 Å². The molecule has 0 unspecified atom stereocenters. The van der Waals surface area contributed by atoms with Crippen molar-refractivity contribution in [1.82, 2.24) is 9.88 Å². The molecule has 2 fully saturated rings. The first-order valence-electron chi connectivity index (χ1n) is 9.20. The Morgan fingerprint density at radius 3 is 2.92 bits per heavy atom. The van der Waals surface area contributed by atoms with Crippen LogP contribution in [0.25, 0.3) is 10.9 Å². The fourth-order valence-electron chi connectivity index (χ4n) is 4.22. The van der Waals surface area contributed by atoms with Crippen molar-refractivity contribution in [2.75, 3.05) is 23.9 Å². The molecule has 134 valence electrons. The van der Waals surface area contributed by atoms with Crippen LogP contribution in [-0.2, 0) is 6.54 Å². The molecule has 0 aliphatic carbocycles. The van der Waals surface area contributed by atoms with Crippen LogP contribution >= 0.6 is 11.9 Å². The van der Waals surface area contributed by atoms with Crippen molar-refractivity contribution >= 4 is 28.5 Å². The topological polar surface area (TPSA) is 42.5 Å². The van der Waals surface area contributed by atoms with Crippen LogP contribution in [0, 0.1) is 0 Å². The van der Waals surface area contributed by atoms with Gasteiger partial charge in [-0.3, -0.25) is 4.90 Å². The zero-order chi connectivity index (χ0) is 17.6. The second-order valence-electron chi connectivity index (χ2n) is 7.43. The highest BCUT2D eigenvalue weighted by Crippen LogP contribution is 2.47. The summed E-state index contributed by atoms with van der Waals surface area (Å²) < 4.78 is 2.19. The minimum absolute atomic E-state index is 0.0754. The third-order valence-electron chi connectivity index (χ3n) is 5.65. The van der Waals surface area contributed by atoms with Crippen molar-refractivity contribution in [3.05, 3.63) is 66.4 Å². The third-order valence-corrected chi connectivity index (χ3v) is 7.20. The number of hydrogen-bond donors (Lipinski definition) is 2. The quantitative estimate of drug-likeness (QED) is 0.696. The number of para-hydroxylation sites is 1. The van der Waals surface area contributed by atoms with Crippen LogP contribution < -0.4 is 4.31 Å². The number of nitrogens with one attached hydrogen (secondary N) is 1. The molecule has 3 aromatic rings. The van der Waals surface area contributed by atoms with Gasteiger partial charge in [0.15, 0.2) is 0 Å². The highest BCUT2D eigenvalue weighted by atomic mass is 32.2. The van der Waals surface area contributed by atoms with Crippen LogP contribution in [0.3, 0.4) is 0 Å². The van der Waals surface area contributed by atoms with E-state index in [2.05, 4.69) is 62.7 Å². The number of aliphatic hydroxyl groups is 1. The number of fused-ring (bicyclic) bond motifs is 1. The molecule has 0 radical (unpaired) electrons. The number of aromatic nitrogens is 1. The zero-order valence-corrected chi connectivity index (χ0v) is 15.5. The third kappa shape index (κ3) is 2.80. The van der Waals surface area contributed by atoms with Crippen LogP contribution in [0.1, 0.15) is 12.0 Å². The van der Waals surface area contributed by atoms with E-state index in [4.69, 9.17) is 0 Å². The van der Waals surface area contributed by atoms with Crippen LogP contribution in [0.4, 0.5) is 5.69 Å². The number of nitrogens with zero attached hydrogens (tertiary/aromatic N) is 2. The maximum Gasteiger partial charge on any atom is 0.0902 e. The van der Waals surface area contributed by atoms with E-state index in [9.17, 15) is 5.11 Å². The lowest BCUT2D eigenvalue weighted by molar-refractivity contribution is 0.145. The standard InChI is InChI=1S/C21H23N3OS/c25-20-14-24(18-4-2-1-3-5-18)26-21(20)9-11-23(15-21)13-16-6-7-19-17(12-16)8-10-22-19/h1-8,10,12,20,22,25H,9,11,13-15H2/t20-,21+/m0/s1. The number of anilines is 1. The summed E-state index contributed by atoms with van der Waals surface area (Å²) in [5.41, 5.74) is 3.71. The Morgan fingerprint density at radius 2 is 2.04 bits per heavy atom. The number of benzene rings is 2. The molecule has 0 saturated carbocycles. The van der Waals surface area contributed by atoms with Gasteiger partial charge < -0.3 is 14.4 Å². The number of aliphatic hydroxyl groups excluding tert-OH is 1. The van der Waals surface area contributed by atoms with E-state index in [1.165, 1.54) is 22.2 Å². The second kappa shape index (κ2) is 6.34. The van der Waals surface area contributed by atoms with Gasteiger partial charge in [0.1, 0.15) is 0 Å². The molecule has 0 amide bonds. The molecule has 5 rings (SSSR count). The first-order valence-corrected chi connectivity index (χ1v) is 9.97. The second-order valence-corrected chi connectivity index (χ2v) is 8.86. The summed E-state index contributed by atoms with van der Waals surface area (Å²) in [5, 5.41) is 12.1. The maximum absolute atomic E-state index is 10.8. The summed E-state index contributed by atoms with van der Waals surface area (Å²) in [6, 6.07) is 19.2. The monoisotopic (exact) mass is 365 g/mol. The zero-order valence-electron chi connectivity index (χ0n) is 14.6. The Morgan fingerprint density at radius 1 is 1.15 bits per heavy atom. The van der Waals surface area contributed by atoms with Crippen molar-refractivity contribution in [3.63, 3.8) is 0 Å². The summed E-state index contributed by atoms with van der Waals surface area (Å²) in [7, 11) is 0. The highest BCUT2D eigenvalue weighted by Gasteiger charge is 2.51. The molecular formula is C21H23N3OS. The van der Waals surface area contributed by atoms with Gasteiger partial charge in [-0.1, -0.05) is 24.3 Å². The SMILES string of the molecule is O[C@H]1CN(c2ccccc2)S[C@@]12CCN(Cc1ccc3[nH]ccc3c1)C2. The Bertz CT molecular complexity index is 912. The lowest BCUT2D eigenvalue weighted by atomic mass is 10.0.